The smallest absolute Gasteiger partial charge is 0.407 e. The quantitative estimate of drug-likeness (QED) is 0.344. The minimum absolute atomic E-state index is 0.0177. The fourth-order valence-corrected chi connectivity index (χ4v) is 4.39. The van der Waals surface area contributed by atoms with Crippen LogP contribution in [0.15, 0.2) is 30.3 Å². The number of carbonyl (C=O) groups is 3. The predicted molar refractivity (Wildman–Crippen MR) is 134 cm³/mol. The van der Waals surface area contributed by atoms with E-state index in [9.17, 15) is 14.4 Å². The minimum atomic E-state index is -0.407. The van der Waals surface area contributed by atoms with E-state index in [2.05, 4.69) is 31.9 Å². The Morgan fingerprint density at radius 3 is 2.83 bits per heavy atom. The Balaban J connectivity index is 1.42. The fraction of sp³-hybridized carbons (Fsp3) is 0.346. The van der Waals surface area contributed by atoms with Crippen molar-refractivity contribution in [2.24, 2.45) is 7.05 Å². The van der Waals surface area contributed by atoms with Crippen LogP contribution in [0.2, 0.25) is 0 Å². The van der Waals surface area contributed by atoms with Gasteiger partial charge in [0.25, 0.3) is 5.91 Å². The van der Waals surface area contributed by atoms with Crippen LogP contribution in [0, 0.1) is 12.3 Å². The number of carbonyl (C=O) groups excluding carboxylic acids is 3. The maximum absolute atomic E-state index is 13.0. The second-order valence-electron chi connectivity index (χ2n) is 9.07. The molecule has 1 fully saturated rings. The van der Waals surface area contributed by atoms with Gasteiger partial charge in [-0.25, -0.2) is 4.79 Å². The molecular formula is C26H28N6O4. The molecule has 0 saturated heterocycles. The first-order valence-corrected chi connectivity index (χ1v) is 11.7. The number of amides is 2. The van der Waals surface area contributed by atoms with Gasteiger partial charge in [0.15, 0.2) is 12.1 Å². The van der Waals surface area contributed by atoms with Crippen molar-refractivity contribution in [1.82, 2.24) is 25.3 Å². The monoisotopic (exact) mass is 488 g/mol. The van der Waals surface area contributed by atoms with Crippen LogP contribution in [-0.4, -0.2) is 50.4 Å². The zero-order valence-electron chi connectivity index (χ0n) is 20.4. The highest BCUT2D eigenvalue weighted by atomic mass is 16.6. The van der Waals surface area contributed by atoms with Gasteiger partial charge in [0.05, 0.1) is 5.69 Å². The summed E-state index contributed by atoms with van der Waals surface area (Å²) >= 11 is 0. The van der Waals surface area contributed by atoms with Crippen LogP contribution in [0.3, 0.4) is 0 Å². The minimum Gasteiger partial charge on any atom is -0.446 e. The van der Waals surface area contributed by atoms with E-state index in [0.717, 1.165) is 18.5 Å². The van der Waals surface area contributed by atoms with E-state index < -0.39 is 12.0 Å². The second kappa shape index (κ2) is 10.5. The van der Waals surface area contributed by atoms with E-state index in [0.29, 0.717) is 46.6 Å². The number of nitrogens with one attached hydrogen (secondary N) is 3. The molecule has 1 aliphatic carbocycles. The molecule has 2 atom stereocenters. The van der Waals surface area contributed by atoms with Gasteiger partial charge in [-0.05, 0) is 45.2 Å². The highest BCUT2D eigenvalue weighted by Crippen LogP contribution is 2.36. The van der Waals surface area contributed by atoms with Crippen molar-refractivity contribution in [1.29, 1.82) is 0 Å². The number of terminal acetylenes is 1. The van der Waals surface area contributed by atoms with Crippen LogP contribution in [-0.2, 0) is 11.8 Å². The number of benzene rings is 1. The van der Waals surface area contributed by atoms with Gasteiger partial charge < -0.3 is 15.4 Å². The topological polar surface area (TPSA) is 131 Å². The molecule has 0 aliphatic heterocycles. The SMILES string of the molecule is C#Cc1cccc(-c2cc(C(=O)Nc3cc([C@H]4CC[C@@H](OC(=O)NC(C)C)C4)[nH]n3)n(C)n2)c1C=O. The average molecular weight is 489 g/mol. The molecule has 3 N–H and O–H groups in total. The first kappa shape index (κ1) is 24.7. The number of H-pyrrole nitrogens is 1. The summed E-state index contributed by atoms with van der Waals surface area (Å²) in [6.45, 7) is 3.76. The lowest BCUT2D eigenvalue weighted by Gasteiger charge is -2.14. The molecule has 36 heavy (non-hydrogen) atoms. The Morgan fingerprint density at radius 1 is 1.31 bits per heavy atom. The molecule has 10 nitrogen and oxygen atoms in total. The Bertz CT molecular complexity index is 1330. The van der Waals surface area contributed by atoms with E-state index in [4.69, 9.17) is 11.2 Å². The van der Waals surface area contributed by atoms with E-state index >= 15 is 0 Å². The van der Waals surface area contributed by atoms with Crippen LogP contribution >= 0.6 is 0 Å². The van der Waals surface area contributed by atoms with Crippen LogP contribution < -0.4 is 10.6 Å². The molecule has 1 aromatic carbocycles. The van der Waals surface area contributed by atoms with Crippen molar-refractivity contribution < 1.29 is 19.1 Å². The van der Waals surface area contributed by atoms with Crippen LogP contribution in [0.1, 0.15) is 71.1 Å². The lowest BCUT2D eigenvalue weighted by Crippen LogP contribution is -2.33. The molecule has 2 aromatic heterocycles. The summed E-state index contributed by atoms with van der Waals surface area (Å²) < 4.78 is 6.93. The van der Waals surface area contributed by atoms with Crippen molar-refractivity contribution in [2.75, 3.05) is 5.32 Å². The average Bonchev–Trinajstić information content (AvgIpc) is 3.58. The zero-order chi connectivity index (χ0) is 25.8. The standard InChI is InChI=1S/C26H28N6O4/c1-5-16-7-6-8-19(20(16)14-33)22-12-23(32(4)31-22)25(34)28-24-13-21(29-30-24)17-9-10-18(11-17)36-26(35)27-15(2)3/h1,6-8,12-15,17-18H,9-11H2,2-4H3,(H,27,35)(H2,28,29,30,34)/t17-,18+/m0/s1. The summed E-state index contributed by atoms with van der Waals surface area (Å²) in [5.74, 6) is 2.62. The second-order valence-corrected chi connectivity index (χ2v) is 9.07. The molecule has 3 aromatic rings. The largest absolute Gasteiger partial charge is 0.446 e. The van der Waals surface area contributed by atoms with Crippen LogP contribution in [0.5, 0.6) is 0 Å². The summed E-state index contributed by atoms with van der Waals surface area (Å²) in [6.07, 6.45) is 7.92. The lowest BCUT2D eigenvalue weighted by atomic mass is 10.00. The van der Waals surface area contributed by atoms with Gasteiger partial charge >= 0.3 is 6.09 Å². The van der Waals surface area contributed by atoms with Gasteiger partial charge in [0.1, 0.15) is 11.8 Å². The molecular weight excluding hydrogens is 460 g/mol. The highest BCUT2D eigenvalue weighted by molar-refractivity contribution is 6.03. The van der Waals surface area contributed by atoms with E-state index in [1.165, 1.54) is 4.68 Å². The third-order valence-corrected chi connectivity index (χ3v) is 6.11. The predicted octanol–water partition coefficient (Wildman–Crippen LogP) is 3.63. The van der Waals surface area contributed by atoms with Gasteiger partial charge in [-0.2, -0.15) is 10.2 Å². The molecule has 1 aliphatic rings. The number of hydrogen-bond acceptors (Lipinski definition) is 6. The molecule has 0 unspecified atom stereocenters. The highest BCUT2D eigenvalue weighted by Gasteiger charge is 2.30. The van der Waals surface area contributed by atoms with Crippen molar-refractivity contribution >= 4 is 24.1 Å². The van der Waals surface area contributed by atoms with E-state index in [1.807, 2.05) is 13.8 Å². The number of hydrogen-bond donors (Lipinski definition) is 3. The van der Waals surface area contributed by atoms with Crippen molar-refractivity contribution in [3.63, 3.8) is 0 Å². The Morgan fingerprint density at radius 2 is 2.11 bits per heavy atom. The van der Waals surface area contributed by atoms with Gasteiger partial charge in [-0.15, -0.1) is 6.42 Å². The number of aldehydes is 1. The number of anilines is 1. The van der Waals surface area contributed by atoms with Crippen molar-refractivity contribution in [3.8, 4) is 23.6 Å². The maximum Gasteiger partial charge on any atom is 0.407 e. The maximum atomic E-state index is 13.0. The normalized spacial score (nSPS) is 17.0. The molecule has 0 bridgehead atoms. The molecule has 10 heteroatoms. The summed E-state index contributed by atoms with van der Waals surface area (Å²) in [5.41, 5.74) is 2.99. The summed E-state index contributed by atoms with van der Waals surface area (Å²) in [5, 5.41) is 17.1. The fourth-order valence-electron chi connectivity index (χ4n) is 4.39. The summed E-state index contributed by atoms with van der Waals surface area (Å²) in [4.78, 5) is 36.4. The van der Waals surface area contributed by atoms with Crippen molar-refractivity contribution in [2.45, 2.75) is 51.2 Å². The number of aryl methyl sites for hydroxylation is 1. The van der Waals surface area contributed by atoms with Gasteiger partial charge in [0, 0.05) is 47.5 Å². The number of aromatic nitrogens is 4. The third kappa shape index (κ3) is 5.30. The molecule has 186 valence electrons. The number of aromatic amines is 1. The molecule has 4 rings (SSSR count). The number of nitrogens with zero attached hydrogens (tertiary/aromatic N) is 3. The molecule has 2 heterocycles. The molecule has 1 saturated carbocycles. The Labute approximate surface area is 208 Å². The number of rotatable bonds is 7. The third-order valence-electron chi connectivity index (χ3n) is 6.11. The first-order chi connectivity index (χ1) is 17.3. The molecule has 0 radical (unpaired) electrons. The number of ether oxygens (including phenoxy) is 1. The van der Waals surface area contributed by atoms with E-state index in [1.54, 1.807) is 37.4 Å². The lowest BCUT2D eigenvalue weighted by molar-refractivity contribution is 0.0979. The first-order valence-electron chi connectivity index (χ1n) is 11.7. The summed E-state index contributed by atoms with van der Waals surface area (Å²) in [6, 6.07) is 8.57. The van der Waals surface area contributed by atoms with Crippen molar-refractivity contribution in [3.05, 3.63) is 52.8 Å². The molecule has 0 spiro atoms. The molecule has 2 amide bonds. The van der Waals surface area contributed by atoms with E-state index in [-0.39, 0.29) is 18.1 Å². The van der Waals surface area contributed by atoms with Gasteiger partial charge in [0.2, 0.25) is 0 Å². The van der Waals surface area contributed by atoms with Gasteiger partial charge in [-0.3, -0.25) is 19.4 Å². The van der Waals surface area contributed by atoms with Crippen LogP contribution in [0.4, 0.5) is 10.6 Å². The Kier molecular flexibility index (Phi) is 7.20. The zero-order valence-corrected chi connectivity index (χ0v) is 20.4. The van der Waals surface area contributed by atoms with Gasteiger partial charge in [-0.1, -0.05) is 18.1 Å². The van der Waals surface area contributed by atoms with Crippen LogP contribution in [0.25, 0.3) is 11.3 Å². The summed E-state index contributed by atoms with van der Waals surface area (Å²) in [7, 11) is 1.65. The Hall–Kier alpha value is -4.39. The number of alkyl carbamates (subject to hydrolysis) is 1.